The summed E-state index contributed by atoms with van der Waals surface area (Å²) in [6.45, 7) is 11.6. The van der Waals surface area contributed by atoms with Crippen molar-refractivity contribution in [2.75, 3.05) is 4.90 Å². The fourth-order valence-corrected chi connectivity index (χ4v) is 4.76. The molecule has 1 aliphatic rings. The molecule has 0 aliphatic carbocycles. The summed E-state index contributed by atoms with van der Waals surface area (Å²) in [4.78, 5) is 2.44. The summed E-state index contributed by atoms with van der Waals surface area (Å²) in [6, 6.07) is 31.3. The van der Waals surface area contributed by atoms with Crippen molar-refractivity contribution < 1.29 is 0 Å². The minimum absolute atomic E-state index is 0.0550. The molecule has 0 bridgehead atoms. The highest BCUT2D eigenvalue weighted by atomic mass is 15.2. The van der Waals surface area contributed by atoms with Crippen LogP contribution in [0.2, 0.25) is 0 Å². The topological polar surface area (TPSA) is 3.24 Å². The summed E-state index contributed by atoms with van der Waals surface area (Å²) in [7, 11) is 0. The van der Waals surface area contributed by atoms with Crippen molar-refractivity contribution in [1.29, 1.82) is 0 Å². The molecule has 150 valence electrons. The van der Waals surface area contributed by atoms with Crippen molar-refractivity contribution in [1.82, 2.24) is 0 Å². The number of nitrogens with zero attached hydrogens (tertiary/aromatic N) is 1. The lowest BCUT2D eigenvalue weighted by Gasteiger charge is -2.42. The van der Waals surface area contributed by atoms with Crippen molar-refractivity contribution in [2.45, 2.75) is 45.4 Å². The lowest BCUT2D eigenvalue weighted by atomic mass is 9.71. The van der Waals surface area contributed by atoms with E-state index in [-0.39, 0.29) is 10.8 Å². The molecule has 30 heavy (non-hydrogen) atoms. The zero-order chi connectivity index (χ0) is 21.1. The van der Waals surface area contributed by atoms with Crippen LogP contribution in [0.25, 0.3) is 10.8 Å². The van der Waals surface area contributed by atoms with Crippen LogP contribution in [0.4, 0.5) is 17.1 Å². The Labute approximate surface area is 180 Å². The molecule has 1 heteroatoms. The molecule has 1 heterocycles. The Balaban J connectivity index is 1.80. The second kappa shape index (κ2) is 6.47. The first kappa shape index (κ1) is 18.9. The summed E-state index contributed by atoms with van der Waals surface area (Å²) < 4.78 is 0. The normalized spacial score (nSPS) is 15.0. The van der Waals surface area contributed by atoms with Gasteiger partial charge in [0.05, 0.1) is 11.4 Å². The summed E-state index contributed by atoms with van der Waals surface area (Å²) in [5, 5.41) is 2.54. The molecule has 1 nitrogen and oxygen atoms in total. The highest BCUT2D eigenvalue weighted by Gasteiger charge is 2.37. The smallest absolute Gasteiger partial charge is 0.0502 e. The number of benzene rings is 4. The largest absolute Gasteiger partial charge is 0.310 e. The van der Waals surface area contributed by atoms with Crippen molar-refractivity contribution in [3.8, 4) is 0 Å². The monoisotopic (exact) mass is 391 g/mol. The number of fused-ring (bicyclic) bond motifs is 3. The van der Waals surface area contributed by atoms with Gasteiger partial charge in [0.25, 0.3) is 0 Å². The molecule has 0 aromatic heterocycles. The third-order valence-electron chi connectivity index (χ3n) is 6.59. The van der Waals surface area contributed by atoms with Gasteiger partial charge in [-0.2, -0.15) is 0 Å². The quantitative estimate of drug-likeness (QED) is 0.316. The van der Waals surface area contributed by atoms with Crippen LogP contribution in [0.3, 0.4) is 0 Å². The second-order valence-corrected chi connectivity index (χ2v) is 9.99. The maximum atomic E-state index is 2.44. The van der Waals surface area contributed by atoms with Gasteiger partial charge in [0.2, 0.25) is 0 Å². The zero-order valence-corrected chi connectivity index (χ0v) is 18.5. The minimum atomic E-state index is -0.0550. The van der Waals surface area contributed by atoms with E-state index in [4.69, 9.17) is 0 Å². The van der Waals surface area contributed by atoms with Gasteiger partial charge in [0, 0.05) is 11.1 Å². The van der Waals surface area contributed by atoms with Gasteiger partial charge < -0.3 is 4.90 Å². The van der Waals surface area contributed by atoms with E-state index in [1.165, 1.54) is 44.5 Å². The van der Waals surface area contributed by atoms with Gasteiger partial charge in [-0.3, -0.25) is 0 Å². The van der Waals surface area contributed by atoms with Crippen LogP contribution >= 0.6 is 0 Å². The first-order chi connectivity index (χ1) is 14.3. The molecule has 4 aromatic rings. The Bertz CT molecular complexity index is 1260. The van der Waals surface area contributed by atoms with E-state index in [0.717, 1.165) is 0 Å². The molecule has 0 saturated heterocycles. The SMILES string of the molecule is CC(C)(C)c1ccc2c(c1)C(C)(C)c1ccccc1N2c1ccc2ccccc2c1. The molecular weight excluding hydrogens is 362 g/mol. The molecule has 0 saturated carbocycles. The lowest BCUT2D eigenvalue weighted by Crippen LogP contribution is -2.31. The van der Waals surface area contributed by atoms with Gasteiger partial charge in [-0.1, -0.05) is 95.3 Å². The van der Waals surface area contributed by atoms with Gasteiger partial charge in [-0.25, -0.2) is 0 Å². The van der Waals surface area contributed by atoms with E-state index < -0.39 is 0 Å². The fraction of sp³-hybridized carbons (Fsp3) is 0.241. The van der Waals surface area contributed by atoms with Gasteiger partial charge in [-0.15, -0.1) is 0 Å². The summed E-state index contributed by atoms with van der Waals surface area (Å²) in [5.74, 6) is 0. The molecule has 4 aromatic carbocycles. The van der Waals surface area contributed by atoms with Gasteiger partial charge in [0.15, 0.2) is 0 Å². The zero-order valence-electron chi connectivity index (χ0n) is 18.5. The molecule has 0 amide bonds. The van der Waals surface area contributed by atoms with Gasteiger partial charge in [-0.05, 0) is 57.1 Å². The van der Waals surface area contributed by atoms with Gasteiger partial charge >= 0.3 is 0 Å². The number of rotatable bonds is 1. The molecule has 0 N–H and O–H groups in total. The molecule has 0 unspecified atom stereocenters. The number of hydrogen-bond donors (Lipinski definition) is 0. The van der Waals surface area contributed by atoms with Crippen LogP contribution in [-0.2, 0) is 10.8 Å². The average molecular weight is 392 g/mol. The Hall–Kier alpha value is -3.06. The van der Waals surface area contributed by atoms with Gasteiger partial charge in [0.1, 0.15) is 0 Å². The van der Waals surface area contributed by atoms with E-state index >= 15 is 0 Å². The molecular formula is C29H29N. The number of para-hydroxylation sites is 1. The molecule has 0 atom stereocenters. The molecule has 0 radical (unpaired) electrons. The maximum absolute atomic E-state index is 2.44. The third kappa shape index (κ3) is 2.84. The Morgan fingerprint density at radius 3 is 2.07 bits per heavy atom. The summed E-state index contributed by atoms with van der Waals surface area (Å²) >= 11 is 0. The van der Waals surface area contributed by atoms with Crippen LogP contribution in [0.5, 0.6) is 0 Å². The van der Waals surface area contributed by atoms with E-state index in [2.05, 4.69) is 124 Å². The predicted octanol–water partition coefficient (Wildman–Crippen LogP) is 8.25. The average Bonchev–Trinajstić information content (AvgIpc) is 2.73. The maximum Gasteiger partial charge on any atom is 0.0502 e. The number of anilines is 3. The highest BCUT2D eigenvalue weighted by molar-refractivity contribution is 5.92. The van der Waals surface area contributed by atoms with Crippen molar-refractivity contribution >= 4 is 27.8 Å². The summed E-state index contributed by atoms with van der Waals surface area (Å²) in [6.07, 6.45) is 0. The standard InChI is InChI=1S/C29H29N/c1-28(2,3)22-15-17-27-25(19-22)29(4,5)24-12-8-9-13-26(24)30(27)23-16-14-20-10-6-7-11-21(20)18-23/h6-19H,1-5H3. The Morgan fingerprint density at radius 1 is 0.633 bits per heavy atom. The Kier molecular flexibility index (Phi) is 4.08. The second-order valence-electron chi connectivity index (χ2n) is 9.99. The predicted molar refractivity (Wildman–Crippen MR) is 129 cm³/mol. The Morgan fingerprint density at radius 2 is 1.30 bits per heavy atom. The first-order valence-electron chi connectivity index (χ1n) is 10.8. The van der Waals surface area contributed by atoms with Crippen LogP contribution in [-0.4, -0.2) is 0 Å². The van der Waals surface area contributed by atoms with E-state index in [9.17, 15) is 0 Å². The van der Waals surface area contributed by atoms with Crippen LogP contribution in [0, 0.1) is 0 Å². The summed E-state index contributed by atoms with van der Waals surface area (Å²) in [5.41, 5.74) is 7.97. The van der Waals surface area contributed by atoms with E-state index in [1.54, 1.807) is 0 Å². The van der Waals surface area contributed by atoms with E-state index in [1.807, 2.05) is 0 Å². The van der Waals surface area contributed by atoms with E-state index in [0.29, 0.717) is 0 Å². The van der Waals surface area contributed by atoms with Crippen molar-refractivity contribution in [3.63, 3.8) is 0 Å². The molecule has 0 spiro atoms. The van der Waals surface area contributed by atoms with Crippen molar-refractivity contribution in [2.24, 2.45) is 0 Å². The first-order valence-corrected chi connectivity index (χ1v) is 10.8. The molecule has 1 aliphatic heterocycles. The fourth-order valence-electron chi connectivity index (χ4n) is 4.76. The number of hydrogen-bond acceptors (Lipinski definition) is 1. The third-order valence-corrected chi connectivity index (χ3v) is 6.59. The van der Waals surface area contributed by atoms with Crippen molar-refractivity contribution in [3.05, 3.63) is 102 Å². The highest BCUT2D eigenvalue weighted by Crippen LogP contribution is 2.52. The van der Waals surface area contributed by atoms with Crippen LogP contribution < -0.4 is 4.90 Å². The minimum Gasteiger partial charge on any atom is -0.310 e. The van der Waals surface area contributed by atoms with Crippen LogP contribution in [0.15, 0.2) is 84.9 Å². The lowest BCUT2D eigenvalue weighted by molar-refractivity contribution is 0.580. The van der Waals surface area contributed by atoms with Crippen LogP contribution in [0.1, 0.15) is 51.3 Å². The molecule has 0 fully saturated rings. The molecule has 5 rings (SSSR count).